The van der Waals surface area contributed by atoms with Gasteiger partial charge in [0.1, 0.15) is 6.04 Å². The van der Waals surface area contributed by atoms with Crippen molar-refractivity contribution in [3.8, 4) is 0 Å². The van der Waals surface area contributed by atoms with Gasteiger partial charge in [-0.15, -0.1) is 0 Å². The number of aryl methyl sites for hydroxylation is 1. The number of likely N-dealkylation sites (tertiary alicyclic amines) is 2. The highest BCUT2D eigenvalue weighted by Gasteiger charge is 2.36. The SMILES string of the molecule is [11CH3]Nc1ccc(CCCC(=O)N2CCCC2C(=O)N2CCCC2)cc1. The maximum Gasteiger partial charge on any atom is 0.245 e. The molecule has 2 fully saturated rings. The first-order chi connectivity index (χ1) is 12.2. The summed E-state index contributed by atoms with van der Waals surface area (Å²) in [6.07, 6.45) is 6.22. The van der Waals surface area contributed by atoms with Crippen molar-refractivity contribution in [1.82, 2.24) is 9.80 Å². The number of carbonyl (C=O) groups is 2. The van der Waals surface area contributed by atoms with Crippen LogP contribution in [0.15, 0.2) is 24.3 Å². The molecule has 1 aromatic rings. The Hall–Kier alpha value is -2.04. The third-order valence-corrected chi connectivity index (χ3v) is 5.37. The molecule has 0 bridgehead atoms. The molecular weight excluding hydrogens is 313 g/mol. The van der Waals surface area contributed by atoms with Crippen LogP contribution in [-0.2, 0) is 16.0 Å². The van der Waals surface area contributed by atoms with Crippen molar-refractivity contribution in [1.29, 1.82) is 0 Å². The molecule has 0 saturated carbocycles. The van der Waals surface area contributed by atoms with E-state index < -0.39 is 0 Å². The summed E-state index contributed by atoms with van der Waals surface area (Å²) < 4.78 is 0. The van der Waals surface area contributed by atoms with Crippen molar-refractivity contribution in [3.63, 3.8) is 0 Å². The van der Waals surface area contributed by atoms with Crippen LogP contribution in [0.1, 0.15) is 44.1 Å². The second-order valence-electron chi connectivity index (χ2n) is 7.08. The Morgan fingerprint density at radius 3 is 2.48 bits per heavy atom. The summed E-state index contributed by atoms with van der Waals surface area (Å²) in [5, 5.41) is 3.11. The van der Waals surface area contributed by atoms with E-state index in [1.165, 1.54) is 5.56 Å². The number of nitrogens with zero attached hydrogens (tertiary/aromatic N) is 2. The largest absolute Gasteiger partial charge is 0.388 e. The molecule has 0 spiro atoms. The highest BCUT2D eigenvalue weighted by atomic mass is 16.2. The van der Waals surface area contributed by atoms with Gasteiger partial charge in [-0.1, -0.05) is 12.1 Å². The first kappa shape index (κ1) is 17.8. The molecule has 5 heteroatoms. The number of hydrogen-bond donors (Lipinski definition) is 1. The predicted octanol–water partition coefficient (Wildman–Crippen LogP) is 2.66. The summed E-state index contributed by atoms with van der Waals surface area (Å²) in [5.74, 6) is 0.313. The second kappa shape index (κ2) is 8.37. The summed E-state index contributed by atoms with van der Waals surface area (Å²) in [5.41, 5.74) is 2.35. The fraction of sp³-hybridized carbons (Fsp3) is 0.600. The zero-order chi connectivity index (χ0) is 17.6. The van der Waals surface area contributed by atoms with Gasteiger partial charge in [0.15, 0.2) is 0 Å². The minimum Gasteiger partial charge on any atom is -0.388 e. The van der Waals surface area contributed by atoms with Gasteiger partial charge < -0.3 is 15.1 Å². The minimum atomic E-state index is -0.208. The number of amides is 2. The van der Waals surface area contributed by atoms with Crippen LogP contribution in [0, 0.1) is 0 Å². The predicted molar refractivity (Wildman–Crippen MR) is 99.5 cm³/mol. The standard InChI is InChI=1S/C20H29N3O2/c1-21-17-11-9-16(10-12-17)6-4-8-19(24)23-15-5-7-18(23)20(25)22-13-2-3-14-22/h9-12,18,21H,2-8,13-15H2,1H3/i1-1. The van der Waals surface area contributed by atoms with Gasteiger partial charge in [-0.05, 0) is 56.2 Å². The van der Waals surface area contributed by atoms with Crippen LogP contribution in [0.4, 0.5) is 5.69 Å². The maximum atomic E-state index is 12.6. The molecule has 1 unspecified atom stereocenters. The summed E-state index contributed by atoms with van der Waals surface area (Å²) in [6, 6.07) is 8.11. The molecule has 2 heterocycles. The van der Waals surface area contributed by atoms with E-state index in [2.05, 4.69) is 29.6 Å². The summed E-state index contributed by atoms with van der Waals surface area (Å²) in [7, 11) is 1.91. The molecule has 0 aromatic heterocycles. The Kier molecular flexibility index (Phi) is 5.95. The average molecular weight is 342 g/mol. The van der Waals surface area contributed by atoms with E-state index >= 15 is 0 Å². The van der Waals surface area contributed by atoms with Crippen molar-refractivity contribution in [2.45, 2.75) is 51.0 Å². The lowest BCUT2D eigenvalue weighted by atomic mass is 10.1. The first-order valence-electron chi connectivity index (χ1n) is 9.54. The average Bonchev–Trinajstić information content (AvgIpc) is 3.33. The van der Waals surface area contributed by atoms with Crippen LogP contribution in [0.2, 0.25) is 0 Å². The van der Waals surface area contributed by atoms with Gasteiger partial charge in [-0.2, -0.15) is 0 Å². The normalized spacial score (nSPS) is 20.1. The Morgan fingerprint density at radius 2 is 1.80 bits per heavy atom. The molecular formula is C20H29N3O2. The highest BCUT2D eigenvalue weighted by Crippen LogP contribution is 2.23. The fourth-order valence-electron chi connectivity index (χ4n) is 3.90. The number of hydrogen-bond acceptors (Lipinski definition) is 3. The third kappa shape index (κ3) is 4.33. The van der Waals surface area contributed by atoms with E-state index in [1.54, 1.807) is 0 Å². The molecule has 2 aliphatic heterocycles. The van der Waals surface area contributed by atoms with Crippen molar-refractivity contribution in [2.75, 3.05) is 32.0 Å². The van der Waals surface area contributed by atoms with Crippen molar-refractivity contribution in [2.24, 2.45) is 0 Å². The lowest BCUT2D eigenvalue weighted by Gasteiger charge is -2.27. The molecule has 3 rings (SSSR count). The number of anilines is 1. The van der Waals surface area contributed by atoms with Crippen LogP contribution >= 0.6 is 0 Å². The molecule has 1 atom stereocenters. The Morgan fingerprint density at radius 1 is 1.08 bits per heavy atom. The van der Waals surface area contributed by atoms with Gasteiger partial charge >= 0.3 is 0 Å². The van der Waals surface area contributed by atoms with E-state index in [-0.39, 0.29) is 17.9 Å². The molecule has 2 amide bonds. The summed E-state index contributed by atoms with van der Waals surface area (Å²) in [6.45, 7) is 2.46. The molecule has 5 nitrogen and oxygen atoms in total. The van der Waals surface area contributed by atoms with Gasteiger partial charge in [0.2, 0.25) is 11.8 Å². The van der Waals surface area contributed by atoms with Crippen molar-refractivity contribution < 1.29 is 9.59 Å². The maximum absolute atomic E-state index is 12.6. The van der Waals surface area contributed by atoms with Crippen LogP contribution in [-0.4, -0.2) is 54.3 Å². The van der Waals surface area contributed by atoms with Crippen LogP contribution < -0.4 is 5.32 Å². The van der Waals surface area contributed by atoms with Crippen LogP contribution in [0.3, 0.4) is 0 Å². The first-order valence-corrected chi connectivity index (χ1v) is 9.54. The molecule has 0 radical (unpaired) electrons. The van der Waals surface area contributed by atoms with Crippen LogP contribution in [0.25, 0.3) is 0 Å². The number of nitrogens with one attached hydrogen (secondary N) is 1. The topological polar surface area (TPSA) is 52.7 Å². The van der Waals surface area contributed by atoms with Crippen molar-refractivity contribution >= 4 is 17.5 Å². The van der Waals surface area contributed by atoms with Gasteiger partial charge in [0, 0.05) is 38.8 Å². The Balaban J connectivity index is 1.48. The lowest BCUT2D eigenvalue weighted by Crippen LogP contribution is -2.46. The minimum absolute atomic E-state index is 0.141. The van der Waals surface area contributed by atoms with Gasteiger partial charge in [-0.25, -0.2) is 0 Å². The molecule has 2 aliphatic rings. The van der Waals surface area contributed by atoms with E-state index in [0.717, 1.165) is 63.8 Å². The zero-order valence-electron chi connectivity index (χ0n) is 15.2. The summed E-state index contributed by atoms with van der Waals surface area (Å²) >= 11 is 0. The van der Waals surface area contributed by atoms with Crippen molar-refractivity contribution in [3.05, 3.63) is 29.8 Å². The zero-order valence-corrected chi connectivity index (χ0v) is 15.2. The molecule has 0 aliphatic carbocycles. The molecule has 2 saturated heterocycles. The third-order valence-electron chi connectivity index (χ3n) is 5.37. The van der Waals surface area contributed by atoms with Gasteiger partial charge in [0.05, 0.1) is 0 Å². The monoisotopic (exact) mass is 342 g/mol. The van der Waals surface area contributed by atoms with E-state index in [4.69, 9.17) is 0 Å². The lowest BCUT2D eigenvalue weighted by molar-refractivity contribution is -0.143. The van der Waals surface area contributed by atoms with Gasteiger partial charge in [-0.3, -0.25) is 9.59 Å². The van der Waals surface area contributed by atoms with Gasteiger partial charge in [0.25, 0.3) is 0 Å². The Bertz CT molecular complexity index is 593. The van der Waals surface area contributed by atoms with Crippen LogP contribution in [0.5, 0.6) is 0 Å². The molecule has 1 N–H and O–H groups in total. The second-order valence-corrected chi connectivity index (χ2v) is 7.08. The Labute approximate surface area is 150 Å². The van der Waals surface area contributed by atoms with E-state index in [1.807, 2.05) is 16.8 Å². The summed E-state index contributed by atoms with van der Waals surface area (Å²) in [4.78, 5) is 29.0. The number of benzene rings is 1. The number of carbonyl (C=O) groups excluding carboxylic acids is 2. The molecule has 1 aromatic carbocycles. The quantitative estimate of drug-likeness (QED) is 0.865. The number of rotatable bonds is 6. The highest BCUT2D eigenvalue weighted by molar-refractivity contribution is 5.88. The fourth-order valence-corrected chi connectivity index (χ4v) is 3.90. The van der Waals surface area contributed by atoms with E-state index in [0.29, 0.717) is 6.42 Å². The van der Waals surface area contributed by atoms with E-state index in [9.17, 15) is 9.59 Å². The molecule has 136 valence electrons. The smallest absolute Gasteiger partial charge is 0.245 e. The molecule has 25 heavy (non-hydrogen) atoms.